The molecule has 0 fully saturated rings. The van der Waals surface area contributed by atoms with Crippen molar-refractivity contribution in [2.45, 2.75) is 17.2 Å². The number of halogens is 3. The first-order chi connectivity index (χ1) is 15.2. The van der Waals surface area contributed by atoms with Gasteiger partial charge in [-0.3, -0.25) is 4.79 Å². The highest BCUT2D eigenvalue weighted by molar-refractivity contribution is 7.90. The number of rotatable bonds is 6. The van der Waals surface area contributed by atoms with Crippen molar-refractivity contribution in [1.29, 1.82) is 0 Å². The number of anilines is 1. The summed E-state index contributed by atoms with van der Waals surface area (Å²) in [5.74, 6) is -1.79. The highest BCUT2D eigenvalue weighted by atomic mass is 35.5. The summed E-state index contributed by atoms with van der Waals surface area (Å²) in [6.07, 6.45) is 1.42. The molecule has 4 rings (SSSR count). The van der Waals surface area contributed by atoms with Crippen LogP contribution in [-0.2, 0) is 26.9 Å². The van der Waals surface area contributed by atoms with Crippen molar-refractivity contribution in [3.05, 3.63) is 95.1 Å². The van der Waals surface area contributed by atoms with Crippen LogP contribution in [0, 0.1) is 11.6 Å². The van der Waals surface area contributed by atoms with Gasteiger partial charge in [-0.25, -0.2) is 17.2 Å². The van der Waals surface area contributed by atoms with E-state index in [1.54, 1.807) is 24.3 Å². The van der Waals surface area contributed by atoms with Gasteiger partial charge in [-0.05, 0) is 42.0 Å². The fourth-order valence-electron chi connectivity index (χ4n) is 3.40. The summed E-state index contributed by atoms with van der Waals surface area (Å²) < 4.78 is 54.2. The summed E-state index contributed by atoms with van der Waals surface area (Å²) in [7, 11) is -3.77. The monoisotopic (exact) mass is 474 g/mol. The second-order valence-electron chi connectivity index (χ2n) is 7.20. The molecule has 0 spiro atoms. The molecule has 0 atom stereocenters. The van der Waals surface area contributed by atoms with Crippen LogP contribution in [-0.4, -0.2) is 18.9 Å². The van der Waals surface area contributed by atoms with Crippen molar-refractivity contribution in [2.75, 3.05) is 5.32 Å². The van der Waals surface area contributed by atoms with E-state index < -0.39 is 27.4 Å². The fraction of sp³-hybridized carbons (Fsp3) is 0.0870. The minimum absolute atomic E-state index is 0.0788. The zero-order valence-corrected chi connectivity index (χ0v) is 18.1. The molecule has 5 nitrogen and oxygen atoms in total. The van der Waals surface area contributed by atoms with Crippen LogP contribution < -0.4 is 5.32 Å². The van der Waals surface area contributed by atoms with Gasteiger partial charge in [0.15, 0.2) is 9.84 Å². The number of hydrogen-bond donors (Lipinski definition) is 1. The van der Waals surface area contributed by atoms with Gasteiger partial charge in [0.05, 0.1) is 15.7 Å². The first-order valence-corrected chi connectivity index (χ1v) is 11.6. The largest absolute Gasteiger partial charge is 0.337 e. The van der Waals surface area contributed by atoms with Crippen LogP contribution in [0.5, 0.6) is 0 Å². The van der Waals surface area contributed by atoms with Crippen LogP contribution in [0.4, 0.5) is 14.5 Å². The number of para-hydroxylation sites is 1. The lowest BCUT2D eigenvalue weighted by atomic mass is 10.2. The Kier molecular flexibility index (Phi) is 5.99. The molecule has 0 unspecified atom stereocenters. The van der Waals surface area contributed by atoms with Gasteiger partial charge in [0.2, 0.25) is 5.91 Å². The van der Waals surface area contributed by atoms with Crippen molar-refractivity contribution in [1.82, 2.24) is 4.57 Å². The van der Waals surface area contributed by atoms with E-state index in [-0.39, 0.29) is 22.2 Å². The minimum atomic E-state index is -3.77. The Hall–Kier alpha value is -3.23. The van der Waals surface area contributed by atoms with Crippen molar-refractivity contribution in [3.63, 3.8) is 0 Å². The van der Waals surface area contributed by atoms with E-state index in [1.807, 2.05) is 0 Å². The number of benzene rings is 3. The van der Waals surface area contributed by atoms with E-state index in [1.165, 1.54) is 47.2 Å². The molecule has 0 saturated heterocycles. The lowest BCUT2D eigenvalue weighted by molar-refractivity contribution is -0.116. The van der Waals surface area contributed by atoms with Crippen LogP contribution in [0.3, 0.4) is 0 Å². The zero-order chi connectivity index (χ0) is 22.9. The Labute approximate surface area is 188 Å². The quantitative estimate of drug-likeness (QED) is 0.418. The molecule has 0 radical (unpaired) electrons. The molecule has 1 aromatic heterocycles. The SMILES string of the molecule is O=C(Cn1cc(S(=O)(=O)Cc2ccc(F)cc2)c2ccccc21)Nc1ccc(F)c(Cl)c1. The summed E-state index contributed by atoms with van der Waals surface area (Å²) in [5, 5.41) is 2.98. The zero-order valence-electron chi connectivity index (χ0n) is 16.6. The van der Waals surface area contributed by atoms with Crippen LogP contribution in [0.2, 0.25) is 5.02 Å². The summed E-state index contributed by atoms with van der Waals surface area (Å²) >= 11 is 5.75. The highest BCUT2D eigenvalue weighted by Crippen LogP contribution is 2.28. The average Bonchev–Trinajstić information content (AvgIpc) is 3.12. The number of fused-ring (bicyclic) bond motifs is 1. The standard InChI is InChI=1S/C23H17ClF2N2O3S/c24-19-11-17(9-10-20(19)26)27-23(29)13-28-12-22(18-3-1-2-4-21(18)28)32(30,31)14-15-5-7-16(25)8-6-15/h1-12H,13-14H2,(H,27,29). The smallest absolute Gasteiger partial charge is 0.244 e. The molecule has 1 amide bonds. The maximum atomic E-state index is 13.3. The topological polar surface area (TPSA) is 68.2 Å². The van der Waals surface area contributed by atoms with Crippen LogP contribution in [0.25, 0.3) is 10.9 Å². The Morgan fingerprint density at radius 3 is 2.44 bits per heavy atom. The fourth-order valence-corrected chi connectivity index (χ4v) is 5.16. The Balaban J connectivity index is 1.62. The molecule has 4 aromatic rings. The summed E-state index contributed by atoms with van der Waals surface area (Å²) in [6, 6.07) is 15.9. The number of nitrogens with zero attached hydrogens (tertiary/aromatic N) is 1. The van der Waals surface area contributed by atoms with Crippen molar-refractivity contribution < 1.29 is 22.0 Å². The second-order valence-corrected chi connectivity index (χ2v) is 9.57. The molecular weight excluding hydrogens is 458 g/mol. The summed E-state index contributed by atoms with van der Waals surface area (Å²) in [6.45, 7) is -0.165. The summed E-state index contributed by atoms with van der Waals surface area (Å²) in [4.78, 5) is 12.6. The number of nitrogens with one attached hydrogen (secondary N) is 1. The Morgan fingerprint density at radius 2 is 1.72 bits per heavy atom. The number of carbonyl (C=O) groups is 1. The highest BCUT2D eigenvalue weighted by Gasteiger charge is 2.22. The lowest BCUT2D eigenvalue weighted by Gasteiger charge is -2.08. The minimum Gasteiger partial charge on any atom is -0.337 e. The van der Waals surface area contributed by atoms with E-state index in [9.17, 15) is 22.0 Å². The third-order valence-corrected chi connectivity index (χ3v) is 6.87. The van der Waals surface area contributed by atoms with Crippen molar-refractivity contribution >= 4 is 43.9 Å². The molecule has 0 aliphatic rings. The lowest BCUT2D eigenvalue weighted by Crippen LogP contribution is -2.18. The van der Waals surface area contributed by atoms with Crippen LogP contribution in [0.1, 0.15) is 5.56 Å². The Bertz CT molecular complexity index is 1420. The van der Waals surface area contributed by atoms with Gasteiger partial charge in [-0.1, -0.05) is 41.9 Å². The maximum Gasteiger partial charge on any atom is 0.244 e. The molecule has 0 aliphatic carbocycles. The van der Waals surface area contributed by atoms with Gasteiger partial charge in [0, 0.05) is 22.8 Å². The van der Waals surface area contributed by atoms with E-state index in [0.717, 1.165) is 6.07 Å². The normalized spacial score (nSPS) is 11.6. The predicted molar refractivity (Wildman–Crippen MR) is 119 cm³/mol. The van der Waals surface area contributed by atoms with Crippen LogP contribution in [0.15, 0.2) is 77.8 Å². The number of carbonyl (C=O) groups excluding carboxylic acids is 1. The van der Waals surface area contributed by atoms with Gasteiger partial charge in [0.25, 0.3) is 0 Å². The first-order valence-electron chi connectivity index (χ1n) is 9.53. The molecule has 164 valence electrons. The second kappa shape index (κ2) is 8.72. The average molecular weight is 475 g/mol. The van der Waals surface area contributed by atoms with Gasteiger partial charge in [-0.15, -0.1) is 0 Å². The molecule has 3 aromatic carbocycles. The molecule has 1 N–H and O–H groups in total. The van der Waals surface area contributed by atoms with Gasteiger partial charge < -0.3 is 9.88 Å². The molecule has 9 heteroatoms. The van der Waals surface area contributed by atoms with E-state index in [4.69, 9.17) is 11.6 Å². The van der Waals surface area contributed by atoms with Crippen molar-refractivity contribution in [2.24, 2.45) is 0 Å². The molecule has 1 heterocycles. The first kappa shape index (κ1) is 22.0. The predicted octanol–water partition coefficient (Wildman–Crippen LogP) is 5.19. The number of sulfone groups is 1. The van der Waals surface area contributed by atoms with E-state index in [0.29, 0.717) is 22.2 Å². The molecule has 0 aliphatic heterocycles. The number of hydrogen-bond acceptors (Lipinski definition) is 3. The van der Waals surface area contributed by atoms with E-state index in [2.05, 4.69) is 5.32 Å². The van der Waals surface area contributed by atoms with Crippen molar-refractivity contribution in [3.8, 4) is 0 Å². The van der Waals surface area contributed by atoms with Crippen LogP contribution >= 0.6 is 11.6 Å². The van der Waals surface area contributed by atoms with E-state index >= 15 is 0 Å². The van der Waals surface area contributed by atoms with Gasteiger partial charge >= 0.3 is 0 Å². The third-order valence-electron chi connectivity index (χ3n) is 4.87. The maximum absolute atomic E-state index is 13.3. The number of aromatic nitrogens is 1. The molecular formula is C23H17ClF2N2O3S. The number of amides is 1. The Morgan fingerprint density at radius 1 is 1.00 bits per heavy atom. The van der Waals surface area contributed by atoms with Gasteiger partial charge in [-0.2, -0.15) is 0 Å². The van der Waals surface area contributed by atoms with Gasteiger partial charge in [0.1, 0.15) is 18.2 Å². The third kappa shape index (κ3) is 4.66. The molecule has 32 heavy (non-hydrogen) atoms. The summed E-state index contributed by atoms with van der Waals surface area (Å²) in [5.41, 5.74) is 1.34. The molecule has 0 saturated carbocycles. The molecule has 0 bridgehead atoms.